The molecular weight excluding hydrogens is 889 g/mol. The minimum absolute atomic E-state index is 0.100. The molecule has 0 bridgehead atoms. The lowest BCUT2D eigenvalue weighted by Crippen LogP contribution is -2.30. The minimum Gasteiger partial charge on any atom is -0.462 e. The van der Waals surface area contributed by atoms with E-state index in [0.717, 1.165) is 135 Å². The molecule has 0 amide bonds. The smallest absolute Gasteiger partial charge is 0.306 e. The van der Waals surface area contributed by atoms with E-state index >= 15 is 0 Å². The van der Waals surface area contributed by atoms with E-state index in [2.05, 4.69) is 142 Å². The van der Waals surface area contributed by atoms with Gasteiger partial charge in [-0.15, -0.1) is 0 Å². The van der Waals surface area contributed by atoms with E-state index in [0.29, 0.717) is 19.3 Å². The van der Waals surface area contributed by atoms with Gasteiger partial charge in [-0.2, -0.15) is 0 Å². The van der Waals surface area contributed by atoms with E-state index in [-0.39, 0.29) is 31.1 Å². The normalized spacial score (nSPS) is 13.0. The first-order valence-corrected chi connectivity index (χ1v) is 29.5. The molecule has 6 heteroatoms. The molecule has 0 aromatic rings. The van der Waals surface area contributed by atoms with Crippen LogP contribution in [0.1, 0.15) is 258 Å². The summed E-state index contributed by atoms with van der Waals surface area (Å²) in [5, 5.41) is 0. The summed E-state index contributed by atoms with van der Waals surface area (Å²) >= 11 is 0. The summed E-state index contributed by atoms with van der Waals surface area (Å²) in [7, 11) is 0. The second-order valence-corrected chi connectivity index (χ2v) is 19.1. The average molecular weight is 998 g/mol. The molecule has 0 N–H and O–H groups in total. The van der Waals surface area contributed by atoms with Crippen molar-refractivity contribution in [1.29, 1.82) is 0 Å². The Morgan fingerprint density at radius 1 is 0.292 bits per heavy atom. The summed E-state index contributed by atoms with van der Waals surface area (Å²) in [6.07, 6.45) is 81.8. The minimum atomic E-state index is -0.805. The summed E-state index contributed by atoms with van der Waals surface area (Å²) in [5.74, 6) is -0.950. The van der Waals surface area contributed by atoms with Crippen molar-refractivity contribution in [2.75, 3.05) is 13.2 Å². The number of carbonyl (C=O) groups is 3. The van der Waals surface area contributed by atoms with E-state index < -0.39 is 6.10 Å². The number of hydrogen-bond acceptors (Lipinski definition) is 6. The van der Waals surface area contributed by atoms with Gasteiger partial charge < -0.3 is 14.2 Å². The predicted molar refractivity (Wildman–Crippen MR) is 311 cm³/mol. The van der Waals surface area contributed by atoms with E-state index in [1.165, 1.54) is 83.5 Å². The van der Waals surface area contributed by atoms with Crippen molar-refractivity contribution in [3.8, 4) is 0 Å². The highest BCUT2D eigenvalue weighted by Gasteiger charge is 2.19. The third-order valence-corrected chi connectivity index (χ3v) is 12.2. The molecular formula is C66H108O6. The molecule has 0 heterocycles. The maximum Gasteiger partial charge on any atom is 0.306 e. The molecule has 0 rings (SSSR count). The zero-order valence-corrected chi connectivity index (χ0v) is 46.7. The zero-order chi connectivity index (χ0) is 52.2. The molecule has 0 aliphatic heterocycles. The van der Waals surface area contributed by atoms with Gasteiger partial charge in [-0.3, -0.25) is 14.4 Å². The molecule has 408 valence electrons. The van der Waals surface area contributed by atoms with Gasteiger partial charge in [-0.05, 0) is 128 Å². The maximum absolute atomic E-state index is 12.9. The van der Waals surface area contributed by atoms with Gasteiger partial charge in [0.15, 0.2) is 6.10 Å². The summed E-state index contributed by atoms with van der Waals surface area (Å²) in [6, 6.07) is 0. The van der Waals surface area contributed by atoms with E-state index in [9.17, 15) is 14.4 Å². The fraction of sp³-hybridized carbons (Fsp3) is 0.652. The van der Waals surface area contributed by atoms with Crippen molar-refractivity contribution in [3.05, 3.63) is 122 Å². The molecule has 72 heavy (non-hydrogen) atoms. The molecule has 0 saturated heterocycles. The molecule has 0 radical (unpaired) electrons. The number of hydrogen-bond donors (Lipinski definition) is 0. The Balaban J connectivity index is 4.50. The van der Waals surface area contributed by atoms with Crippen LogP contribution in [0.2, 0.25) is 0 Å². The number of esters is 3. The molecule has 0 fully saturated rings. The first kappa shape index (κ1) is 67.8. The topological polar surface area (TPSA) is 78.9 Å². The van der Waals surface area contributed by atoms with Crippen molar-refractivity contribution >= 4 is 17.9 Å². The average Bonchev–Trinajstić information content (AvgIpc) is 3.38. The van der Waals surface area contributed by atoms with Crippen LogP contribution >= 0.6 is 0 Å². The second-order valence-electron chi connectivity index (χ2n) is 19.1. The van der Waals surface area contributed by atoms with Gasteiger partial charge in [0.05, 0.1) is 0 Å². The molecule has 0 saturated carbocycles. The van der Waals surface area contributed by atoms with Gasteiger partial charge in [0.2, 0.25) is 0 Å². The lowest BCUT2D eigenvalue weighted by Gasteiger charge is -2.18. The fourth-order valence-electron chi connectivity index (χ4n) is 7.81. The van der Waals surface area contributed by atoms with Crippen molar-refractivity contribution in [1.82, 2.24) is 0 Å². The van der Waals surface area contributed by atoms with Crippen LogP contribution in [0.4, 0.5) is 0 Å². The molecule has 0 aliphatic rings. The monoisotopic (exact) mass is 997 g/mol. The van der Waals surface area contributed by atoms with Gasteiger partial charge in [-0.25, -0.2) is 0 Å². The van der Waals surface area contributed by atoms with Crippen LogP contribution in [-0.2, 0) is 28.6 Å². The van der Waals surface area contributed by atoms with Crippen LogP contribution < -0.4 is 0 Å². The van der Waals surface area contributed by atoms with Crippen LogP contribution in [0.15, 0.2) is 122 Å². The first-order chi connectivity index (χ1) is 35.5. The zero-order valence-electron chi connectivity index (χ0n) is 46.7. The number of unbranched alkanes of at least 4 members (excludes halogenated alkanes) is 21. The highest BCUT2D eigenvalue weighted by Crippen LogP contribution is 2.14. The van der Waals surface area contributed by atoms with Gasteiger partial charge in [0.25, 0.3) is 0 Å². The highest BCUT2D eigenvalue weighted by atomic mass is 16.6. The number of carbonyl (C=O) groups excluding carboxylic acids is 3. The molecule has 0 aliphatic carbocycles. The lowest BCUT2D eigenvalue weighted by atomic mass is 10.1. The van der Waals surface area contributed by atoms with Crippen molar-refractivity contribution in [2.24, 2.45) is 0 Å². The van der Waals surface area contributed by atoms with Crippen LogP contribution in [0, 0.1) is 0 Å². The van der Waals surface area contributed by atoms with Crippen molar-refractivity contribution < 1.29 is 28.6 Å². The third kappa shape index (κ3) is 56.7. The van der Waals surface area contributed by atoms with Gasteiger partial charge in [-0.1, -0.05) is 232 Å². The van der Waals surface area contributed by atoms with Crippen LogP contribution in [0.3, 0.4) is 0 Å². The quantitative estimate of drug-likeness (QED) is 0.0261. The Kier molecular flexibility index (Phi) is 55.9. The van der Waals surface area contributed by atoms with E-state index in [4.69, 9.17) is 14.2 Å². The Morgan fingerprint density at radius 2 is 0.542 bits per heavy atom. The van der Waals surface area contributed by atoms with Gasteiger partial charge in [0.1, 0.15) is 13.2 Å². The Morgan fingerprint density at radius 3 is 0.861 bits per heavy atom. The van der Waals surface area contributed by atoms with Crippen molar-refractivity contribution in [3.63, 3.8) is 0 Å². The molecule has 0 aromatic carbocycles. The van der Waals surface area contributed by atoms with Crippen molar-refractivity contribution in [2.45, 2.75) is 264 Å². The van der Waals surface area contributed by atoms with E-state index in [1.807, 2.05) is 0 Å². The molecule has 0 spiro atoms. The van der Waals surface area contributed by atoms with E-state index in [1.54, 1.807) is 0 Å². The number of rotatable bonds is 52. The van der Waals surface area contributed by atoms with Crippen LogP contribution in [0.25, 0.3) is 0 Å². The maximum atomic E-state index is 12.9. The van der Waals surface area contributed by atoms with Crippen LogP contribution in [-0.4, -0.2) is 37.2 Å². The van der Waals surface area contributed by atoms with Crippen LogP contribution in [0.5, 0.6) is 0 Å². The summed E-state index contributed by atoms with van der Waals surface area (Å²) < 4.78 is 16.9. The Bertz CT molecular complexity index is 1520. The van der Waals surface area contributed by atoms with Gasteiger partial charge in [0, 0.05) is 19.3 Å². The molecule has 0 aromatic heterocycles. The molecule has 1 unspecified atom stereocenters. The largest absolute Gasteiger partial charge is 0.462 e. The predicted octanol–water partition coefficient (Wildman–Crippen LogP) is 20.0. The number of ether oxygens (including phenoxy) is 3. The number of allylic oxidation sites excluding steroid dienone is 20. The SMILES string of the molecule is CC/C=C\C/C=C\C/C=C\C/C=C\C/C=C\CCCCCC(=O)OCC(COC(=O)CCCCCCCCC/C=C\C/C=C\C/C=C\CC)OC(=O)CCCCCCCCC/C=C\C/C=C\CCCCCC. The third-order valence-electron chi connectivity index (χ3n) is 12.2. The molecule has 1 atom stereocenters. The summed E-state index contributed by atoms with van der Waals surface area (Å²) in [6.45, 7) is 6.36. The summed E-state index contributed by atoms with van der Waals surface area (Å²) in [4.78, 5) is 38.2. The lowest BCUT2D eigenvalue weighted by molar-refractivity contribution is -0.167. The highest BCUT2D eigenvalue weighted by molar-refractivity contribution is 5.71. The standard InChI is InChI=1S/C66H108O6/c1-4-7-10-13-16-19-22-25-28-31-33-36-38-41-44-47-50-53-56-59-65(68)71-62-63(61-70-64(67)58-55-52-49-46-43-40-37-34-30-27-24-21-18-15-12-9-6-3)72-66(69)60-57-54-51-48-45-42-39-35-32-29-26-23-20-17-14-11-8-5-2/h7,9-10,12,16,18-21,23,25,27-30,32-33,36,41,44,63H,4-6,8,11,13-15,17,22,24,26,31,34-35,37-40,42-43,45-62H2,1-3H3/b10-7-,12-9-,19-16-,21-18-,23-20-,28-25-,30-27-,32-29-,36-33-,44-41-. The Hall–Kier alpha value is -4.19. The first-order valence-electron chi connectivity index (χ1n) is 29.5. The second kappa shape index (κ2) is 59.4. The molecule has 6 nitrogen and oxygen atoms in total. The fourth-order valence-corrected chi connectivity index (χ4v) is 7.81. The van der Waals surface area contributed by atoms with Gasteiger partial charge >= 0.3 is 17.9 Å². The Labute approximate surface area is 443 Å². The summed E-state index contributed by atoms with van der Waals surface area (Å²) in [5.41, 5.74) is 0.